The van der Waals surface area contributed by atoms with Crippen LogP contribution >= 0.6 is 0 Å². The molecule has 0 bridgehead atoms. The molecule has 160 valence electrons. The predicted octanol–water partition coefficient (Wildman–Crippen LogP) is 3.00. The van der Waals surface area contributed by atoms with E-state index in [0.717, 1.165) is 28.2 Å². The Kier molecular flexibility index (Phi) is 4.34. The van der Waals surface area contributed by atoms with Crippen molar-refractivity contribution in [2.45, 2.75) is 43.4 Å². The van der Waals surface area contributed by atoms with Gasteiger partial charge in [-0.25, -0.2) is 9.97 Å². The van der Waals surface area contributed by atoms with Crippen LogP contribution in [0.2, 0.25) is 0 Å². The number of carbonyl (C=O) groups is 1. The number of nitrogens with zero attached hydrogens (tertiary/aromatic N) is 3. The first-order valence-electron chi connectivity index (χ1n) is 10.9. The van der Waals surface area contributed by atoms with Gasteiger partial charge < -0.3 is 24.7 Å². The third-order valence-electron chi connectivity index (χ3n) is 6.68. The second-order valence-corrected chi connectivity index (χ2v) is 8.57. The number of amides is 1. The van der Waals surface area contributed by atoms with E-state index in [1.54, 1.807) is 13.4 Å². The number of carbonyl (C=O) groups excluding carboxylic acids is 1. The summed E-state index contributed by atoms with van der Waals surface area (Å²) in [5, 5.41) is 4.63. The van der Waals surface area contributed by atoms with Gasteiger partial charge in [0, 0.05) is 31.3 Å². The number of methoxy groups -OCH3 is 1. The van der Waals surface area contributed by atoms with Gasteiger partial charge in [-0.1, -0.05) is 18.2 Å². The number of para-hydroxylation sites is 1. The first-order valence-corrected chi connectivity index (χ1v) is 10.9. The van der Waals surface area contributed by atoms with Crippen molar-refractivity contribution >= 4 is 22.8 Å². The van der Waals surface area contributed by atoms with E-state index < -0.39 is 0 Å². The summed E-state index contributed by atoms with van der Waals surface area (Å²) >= 11 is 0. The van der Waals surface area contributed by atoms with Crippen molar-refractivity contribution < 1.29 is 14.3 Å². The zero-order valence-electron chi connectivity index (χ0n) is 17.4. The Hall–Kier alpha value is -3.13. The number of rotatable bonds is 5. The highest BCUT2D eigenvalue weighted by Gasteiger charge is 2.43. The molecule has 2 N–H and O–H groups in total. The molecule has 3 aromatic rings. The van der Waals surface area contributed by atoms with E-state index in [1.807, 2.05) is 23.1 Å². The molecule has 1 aromatic carbocycles. The van der Waals surface area contributed by atoms with Gasteiger partial charge in [0.05, 0.1) is 17.5 Å². The van der Waals surface area contributed by atoms with E-state index in [1.165, 1.54) is 18.5 Å². The minimum atomic E-state index is -0.380. The van der Waals surface area contributed by atoms with Crippen LogP contribution < -0.4 is 10.1 Å². The third kappa shape index (κ3) is 3.13. The number of ether oxygens (including phenoxy) is 2. The van der Waals surface area contributed by atoms with Gasteiger partial charge in [0.25, 0.3) is 5.91 Å². The van der Waals surface area contributed by atoms with Crippen LogP contribution in [0.15, 0.2) is 36.7 Å². The van der Waals surface area contributed by atoms with Crippen molar-refractivity contribution in [3.05, 3.63) is 47.9 Å². The molecule has 3 atom stereocenters. The van der Waals surface area contributed by atoms with Crippen LogP contribution in [0.5, 0.6) is 5.75 Å². The zero-order chi connectivity index (χ0) is 20.9. The Morgan fingerprint density at radius 1 is 1.23 bits per heavy atom. The fourth-order valence-electron chi connectivity index (χ4n) is 4.85. The van der Waals surface area contributed by atoms with Crippen molar-refractivity contribution in [1.82, 2.24) is 19.9 Å². The van der Waals surface area contributed by atoms with Crippen molar-refractivity contribution in [2.24, 2.45) is 0 Å². The van der Waals surface area contributed by atoms with E-state index in [9.17, 15) is 4.79 Å². The number of hydrogen-bond donors (Lipinski definition) is 2. The highest BCUT2D eigenvalue weighted by molar-refractivity contribution is 5.88. The maximum absolute atomic E-state index is 12.9. The van der Waals surface area contributed by atoms with Crippen LogP contribution in [0.3, 0.4) is 0 Å². The summed E-state index contributed by atoms with van der Waals surface area (Å²) in [6.45, 7) is 1.08. The van der Waals surface area contributed by atoms with Crippen LogP contribution in [-0.4, -0.2) is 58.2 Å². The van der Waals surface area contributed by atoms with Crippen LogP contribution in [-0.2, 0) is 9.53 Å². The molecule has 1 aliphatic carbocycles. The second-order valence-electron chi connectivity index (χ2n) is 8.57. The summed E-state index contributed by atoms with van der Waals surface area (Å²) in [5.74, 6) is 2.23. The minimum absolute atomic E-state index is 0.0211. The van der Waals surface area contributed by atoms with E-state index in [2.05, 4.69) is 32.4 Å². The van der Waals surface area contributed by atoms with Crippen molar-refractivity contribution in [3.8, 4) is 5.75 Å². The van der Waals surface area contributed by atoms with Gasteiger partial charge in [0.1, 0.15) is 36.3 Å². The maximum Gasteiger partial charge on any atom is 0.252 e. The summed E-state index contributed by atoms with van der Waals surface area (Å²) < 4.78 is 11.4. The monoisotopic (exact) mass is 419 g/mol. The molecule has 3 aliphatic rings. The molecule has 2 fully saturated rings. The quantitative estimate of drug-likeness (QED) is 0.661. The molecule has 31 heavy (non-hydrogen) atoms. The van der Waals surface area contributed by atoms with E-state index in [0.29, 0.717) is 25.5 Å². The summed E-state index contributed by atoms with van der Waals surface area (Å²) in [4.78, 5) is 27.3. The second kappa shape index (κ2) is 7.23. The molecule has 8 nitrogen and oxygen atoms in total. The zero-order valence-corrected chi connectivity index (χ0v) is 17.4. The summed E-state index contributed by atoms with van der Waals surface area (Å²) in [6.07, 6.45) is 4.33. The lowest BCUT2D eigenvalue weighted by Crippen LogP contribution is -2.50. The molecular weight excluding hydrogens is 394 g/mol. The Morgan fingerprint density at radius 2 is 2.10 bits per heavy atom. The number of anilines is 1. The number of likely N-dealkylation sites (tertiary alicyclic amines) is 1. The Labute approximate surface area is 180 Å². The first-order chi connectivity index (χ1) is 15.2. The highest BCUT2D eigenvalue weighted by Crippen LogP contribution is 2.42. The molecule has 1 amide bonds. The van der Waals surface area contributed by atoms with E-state index in [4.69, 9.17) is 9.47 Å². The van der Waals surface area contributed by atoms with E-state index in [-0.39, 0.29) is 24.1 Å². The number of aromatic nitrogens is 3. The average Bonchev–Trinajstić information content (AvgIpc) is 3.45. The Bertz CT molecular complexity index is 1140. The lowest BCUT2D eigenvalue weighted by atomic mass is 9.95. The maximum atomic E-state index is 12.9. The molecule has 2 unspecified atom stereocenters. The number of H-pyrrole nitrogens is 1. The van der Waals surface area contributed by atoms with Gasteiger partial charge in [-0.15, -0.1) is 0 Å². The number of benzene rings is 1. The molecule has 6 rings (SSSR count). The lowest BCUT2D eigenvalue weighted by Gasteiger charge is -2.39. The van der Waals surface area contributed by atoms with Crippen molar-refractivity contribution in [3.63, 3.8) is 0 Å². The normalized spacial score (nSPS) is 25.5. The number of fused-ring (bicyclic) bond motifs is 2. The standard InChI is InChI=1S/C23H25N5O3/c1-30-19-8-9-28(23(19)29)17-11-31-18-5-3-2-4-14(18)20(17)27-22-15-10-16(13-6-7-13)26-21(15)24-12-25-22/h2-5,10,12-13,17,19-20H,6-9,11H2,1H3,(H2,24,25,26,27)/t17?,19-,20?/m0/s1. The predicted molar refractivity (Wildman–Crippen MR) is 115 cm³/mol. The van der Waals surface area contributed by atoms with Crippen LogP contribution in [0.4, 0.5) is 5.82 Å². The molecular formula is C23H25N5O3. The van der Waals surface area contributed by atoms with Crippen molar-refractivity contribution in [2.75, 3.05) is 25.6 Å². The van der Waals surface area contributed by atoms with Gasteiger partial charge in [-0.05, 0) is 30.9 Å². The molecule has 2 aromatic heterocycles. The van der Waals surface area contributed by atoms with Gasteiger partial charge in [-0.3, -0.25) is 4.79 Å². The average molecular weight is 419 g/mol. The molecule has 0 spiro atoms. The molecule has 1 saturated carbocycles. The third-order valence-corrected chi connectivity index (χ3v) is 6.68. The molecule has 1 saturated heterocycles. The van der Waals surface area contributed by atoms with Gasteiger partial charge in [0.15, 0.2) is 0 Å². The molecule has 0 radical (unpaired) electrons. The lowest BCUT2D eigenvalue weighted by molar-refractivity contribution is -0.138. The highest BCUT2D eigenvalue weighted by atomic mass is 16.5. The SMILES string of the molecule is CO[C@H]1CCN(C2COc3ccccc3C2Nc2ncnc3[nH]c(C4CC4)cc23)C1=O. The minimum Gasteiger partial charge on any atom is -0.491 e. The van der Waals surface area contributed by atoms with Gasteiger partial charge in [0.2, 0.25) is 0 Å². The van der Waals surface area contributed by atoms with Gasteiger partial charge >= 0.3 is 0 Å². The van der Waals surface area contributed by atoms with E-state index >= 15 is 0 Å². The topological polar surface area (TPSA) is 92.4 Å². The fourth-order valence-corrected chi connectivity index (χ4v) is 4.85. The summed E-state index contributed by atoms with van der Waals surface area (Å²) in [6, 6.07) is 9.85. The number of hydrogen-bond acceptors (Lipinski definition) is 6. The van der Waals surface area contributed by atoms with Crippen molar-refractivity contribution in [1.29, 1.82) is 0 Å². The number of aromatic amines is 1. The summed E-state index contributed by atoms with van der Waals surface area (Å²) in [7, 11) is 1.59. The Balaban J connectivity index is 1.39. The van der Waals surface area contributed by atoms with Crippen LogP contribution in [0, 0.1) is 0 Å². The van der Waals surface area contributed by atoms with Gasteiger partial charge in [-0.2, -0.15) is 0 Å². The molecule has 2 aliphatic heterocycles. The fraction of sp³-hybridized carbons (Fsp3) is 0.435. The smallest absolute Gasteiger partial charge is 0.252 e. The molecule has 8 heteroatoms. The number of nitrogens with one attached hydrogen (secondary N) is 2. The molecule has 4 heterocycles. The summed E-state index contributed by atoms with van der Waals surface area (Å²) in [5.41, 5.74) is 3.09. The first kappa shape index (κ1) is 18.6. The largest absolute Gasteiger partial charge is 0.491 e. The van der Waals surface area contributed by atoms with Crippen LogP contribution in [0.25, 0.3) is 11.0 Å². The Morgan fingerprint density at radius 3 is 2.90 bits per heavy atom. The van der Waals surface area contributed by atoms with Crippen LogP contribution in [0.1, 0.15) is 42.5 Å².